The van der Waals surface area contributed by atoms with E-state index in [0.29, 0.717) is 36.2 Å². The molecule has 3 fully saturated rings. The summed E-state index contributed by atoms with van der Waals surface area (Å²) in [5.41, 5.74) is -0.373. The van der Waals surface area contributed by atoms with Crippen LogP contribution in [0.5, 0.6) is 0 Å². The van der Waals surface area contributed by atoms with Crippen LogP contribution in [0.15, 0.2) is 52.4 Å². The Morgan fingerprint density at radius 2 is 1.91 bits per heavy atom. The molecule has 2 aromatic carbocycles. The first-order valence-corrected chi connectivity index (χ1v) is 12.9. The van der Waals surface area contributed by atoms with Crippen molar-refractivity contribution >= 4 is 33.4 Å². The molecule has 0 radical (unpaired) electrons. The molecule has 0 spiro atoms. The lowest BCUT2D eigenvalue weighted by Gasteiger charge is -2.70. The molecule has 34 heavy (non-hydrogen) atoms. The lowest BCUT2D eigenvalue weighted by molar-refractivity contribution is -0.139. The van der Waals surface area contributed by atoms with Crippen LogP contribution in [0.4, 0.5) is 4.39 Å². The summed E-state index contributed by atoms with van der Waals surface area (Å²) in [5.74, 6) is -0.864. The molecule has 0 saturated heterocycles. The van der Waals surface area contributed by atoms with Crippen LogP contribution < -0.4 is 10.0 Å². The van der Waals surface area contributed by atoms with Crippen molar-refractivity contribution in [3.05, 3.63) is 64.4 Å². The fourth-order valence-corrected chi connectivity index (χ4v) is 7.36. The molecule has 3 N–H and O–H groups in total. The number of carbonyl (C=O) groups is 1. The zero-order valence-corrected chi connectivity index (χ0v) is 20.3. The van der Waals surface area contributed by atoms with E-state index >= 15 is 0 Å². The monoisotopic (exact) mass is 505 g/mol. The number of carboxylic acid groups (broad SMARTS) is 1. The molecule has 0 amide bonds. The van der Waals surface area contributed by atoms with Gasteiger partial charge in [-0.3, -0.25) is 4.99 Å². The van der Waals surface area contributed by atoms with Gasteiger partial charge in [-0.1, -0.05) is 35.9 Å². The maximum atomic E-state index is 13.9. The molecule has 3 aliphatic carbocycles. The van der Waals surface area contributed by atoms with Crippen LogP contribution in [0.1, 0.15) is 44.2 Å². The molecule has 7 nitrogen and oxygen atoms in total. The maximum Gasteiger partial charge on any atom is 0.330 e. The zero-order chi connectivity index (χ0) is 24.5. The van der Waals surface area contributed by atoms with E-state index in [2.05, 4.69) is 15.0 Å². The number of aliphatic carboxylic acids is 1. The van der Waals surface area contributed by atoms with Crippen molar-refractivity contribution in [2.45, 2.75) is 61.5 Å². The third-order valence-electron chi connectivity index (χ3n) is 7.14. The number of nitrogens with zero attached hydrogens (tertiary/aromatic N) is 1. The second-order valence-electron chi connectivity index (χ2n) is 10.3. The first-order valence-electron chi connectivity index (χ1n) is 11.0. The van der Waals surface area contributed by atoms with E-state index in [1.807, 2.05) is 0 Å². The number of benzene rings is 2. The first-order chi connectivity index (χ1) is 15.8. The van der Waals surface area contributed by atoms with Crippen molar-refractivity contribution in [1.29, 1.82) is 0 Å². The average Bonchev–Trinajstić information content (AvgIpc) is 3.02. The number of aliphatic imine (C=N–C) groups is 1. The highest BCUT2D eigenvalue weighted by atomic mass is 35.5. The van der Waals surface area contributed by atoms with E-state index in [9.17, 15) is 22.7 Å². The molecule has 1 aliphatic heterocycles. The first kappa shape index (κ1) is 23.3. The van der Waals surface area contributed by atoms with Crippen molar-refractivity contribution < 1.29 is 22.7 Å². The van der Waals surface area contributed by atoms with Crippen molar-refractivity contribution in [2.24, 2.45) is 10.4 Å². The molecular formula is C24H25ClFN3O4S. The topological polar surface area (TPSA) is 108 Å². The summed E-state index contributed by atoms with van der Waals surface area (Å²) in [7, 11) is -3.83. The highest BCUT2D eigenvalue weighted by Gasteiger charge is 2.72. The lowest BCUT2D eigenvalue weighted by Crippen LogP contribution is -2.78. The Labute approximate surface area is 202 Å². The SMILES string of the molecule is CC1(C)NC(C23CC(NS(=O)(=O)c4ccccc4Cc4ccc(Cl)c(F)c4)(C2)C3)=N[C@H]1C(=O)O. The Balaban J connectivity index is 1.32. The minimum Gasteiger partial charge on any atom is -0.480 e. The van der Waals surface area contributed by atoms with E-state index in [1.165, 1.54) is 12.1 Å². The fourth-order valence-electron chi connectivity index (χ4n) is 5.60. The molecule has 3 saturated carbocycles. The van der Waals surface area contributed by atoms with Gasteiger partial charge in [-0.05, 0) is 68.9 Å². The molecule has 10 heteroatoms. The normalized spacial score (nSPS) is 28.9. The van der Waals surface area contributed by atoms with Gasteiger partial charge in [0.1, 0.15) is 11.7 Å². The minimum absolute atomic E-state index is 0.0169. The molecule has 0 aromatic heterocycles. The minimum atomic E-state index is -3.83. The fraction of sp³-hybridized carbons (Fsp3) is 0.417. The number of amidine groups is 1. The smallest absolute Gasteiger partial charge is 0.330 e. The Kier molecular flexibility index (Phi) is 5.13. The lowest BCUT2D eigenvalue weighted by atomic mass is 9.39. The predicted molar refractivity (Wildman–Crippen MR) is 126 cm³/mol. The largest absolute Gasteiger partial charge is 0.480 e. The van der Waals surface area contributed by atoms with Gasteiger partial charge < -0.3 is 10.4 Å². The molecule has 180 valence electrons. The maximum absolute atomic E-state index is 13.9. The Morgan fingerprint density at radius 3 is 2.53 bits per heavy atom. The zero-order valence-electron chi connectivity index (χ0n) is 18.7. The highest BCUT2D eigenvalue weighted by Crippen LogP contribution is 2.68. The summed E-state index contributed by atoms with van der Waals surface area (Å²) in [6, 6.07) is 10.3. The number of rotatable bonds is 7. The average molecular weight is 506 g/mol. The molecule has 1 heterocycles. The summed E-state index contributed by atoms with van der Waals surface area (Å²) >= 11 is 5.76. The standard InChI is InChI=1S/C24H25ClFN3O4S/c1-22(2)19(20(30)31)27-21(28-22)23-11-24(12-23,13-23)29-34(32,33)18-6-4-3-5-15(18)9-14-7-8-16(25)17(26)10-14/h3-8,10,19,29H,9,11-13H2,1-2H3,(H,27,28)(H,30,31)/t19-,23?,24?/m0/s1. The van der Waals surface area contributed by atoms with Crippen LogP contribution in [-0.2, 0) is 21.2 Å². The van der Waals surface area contributed by atoms with Crippen LogP contribution >= 0.6 is 11.6 Å². The Morgan fingerprint density at radius 1 is 1.24 bits per heavy atom. The molecule has 2 bridgehead atoms. The van der Waals surface area contributed by atoms with Gasteiger partial charge in [0.25, 0.3) is 0 Å². The second-order valence-corrected chi connectivity index (χ2v) is 12.4. The van der Waals surface area contributed by atoms with Crippen molar-refractivity contribution in [3.63, 3.8) is 0 Å². The van der Waals surface area contributed by atoms with Gasteiger partial charge in [-0.2, -0.15) is 0 Å². The number of carboxylic acids is 1. The highest BCUT2D eigenvalue weighted by molar-refractivity contribution is 7.89. The second kappa shape index (κ2) is 7.50. The summed E-state index contributed by atoms with van der Waals surface area (Å²) in [6.45, 7) is 3.60. The third-order valence-corrected chi connectivity index (χ3v) is 9.13. The summed E-state index contributed by atoms with van der Waals surface area (Å²) in [4.78, 5) is 16.1. The summed E-state index contributed by atoms with van der Waals surface area (Å²) in [6.07, 6.45) is 1.95. The third kappa shape index (κ3) is 3.70. The molecule has 4 aliphatic rings. The predicted octanol–water partition coefficient (Wildman–Crippen LogP) is 3.50. The van der Waals surface area contributed by atoms with Crippen LogP contribution in [-0.4, -0.2) is 42.4 Å². The molecule has 0 unspecified atom stereocenters. The number of halogens is 2. The number of nitrogens with one attached hydrogen (secondary N) is 2. The van der Waals surface area contributed by atoms with Gasteiger partial charge in [-0.25, -0.2) is 22.3 Å². The van der Waals surface area contributed by atoms with E-state index in [-0.39, 0.29) is 21.8 Å². The molecule has 1 atom stereocenters. The Bertz CT molecular complexity index is 1320. The molecule has 6 rings (SSSR count). The van der Waals surface area contributed by atoms with Gasteiger partial charge in [0.15, 0.2) is 6.04 Å². The molecule has 2 aromatic rings. The van der Waals surface area contributed by atoms with Gasteiger partial charge in [-0.15, -0.1) is 0 Å². The summed E-state index contributed by atoms with van der Waals surface area (Å²) < 4.78 is 43.4. The van der Waals surface area contributed by atoms with Gasteiger partial charge in [0.05, 0.1) is 15.5 Å². The van der Waals surface area contributed by atoms with Gasteiger partial charge >= 0.3 is 5.97 Å². The van der Waals surface area contributed by atoms with Crippen molar-refractivity contribution in [3.8, 4) is 0 Å². The van der Waals surface area contributed by atoms with Crippen LogP contribution in [0.3, 0.4) is 0 Å². The van der Waals surface area contributed by atoms with E-state index in [1.54, 1.807) is 44.2 Å². The van der Waals surface area contributed by atoms with Crippen LogP contribution in [0.2, 0.25) is 5.02 Å². The summed E-state index contributed by atoms with van der Waals surface area (Å²) in [5, 5.41) is 12.7. The van der Waals surface area contributed by atoms with Crippen molar-refractivity contribution in [1.82, 2.24) is 10.0 Å². The van der Waals surface area contributed by atoms with Gasteiger partial charge in [0.2, 0.25) is 10.0 Å². The van der Waals surface area contributed by atoms with E-state index in [0.717, 1.165) is 0 Å². The quantitative estimate of drug-likeness (QED) is 0.533. The number of hydrogen-bond acceptors (Lipinski definition) is 5. The van der Waals surface area contributed by atoms with Gasteiger partial charge in [0, 0.05) is 11.0 Å². The number of sulfonamides is 1. The van der Waals surface area contributed by atoms with E-state index < -0.39 is 38.9 Å². The number of hydrogen-bond donors (Lipinski definition) is 3. The van der Waals surface area contributed by atoms with Crippen molar-refractivity contribution in [2.75, 3.05) is 0 Å². The van der Waals surface area contributed by atoms with E-state index in [4.69, 9.17) is 11.6 Å². The van der Waals surface area contributed by atoms with Crippen LogP contribution in [0.25, 0.3) is 0 Å². The Hall–Kier alpha value is -2.49. The molecular weight excluding hydrogens is 481 g/mol. The van der Waals surface area contributed by atoms with Crippen LogP contribution in [0, 0.1) is 11.2 Å².